The van der Waals surface area contributed by atoms with Gasteiger partial charge in [0, 0.05) is 22.0 Å². The van der Waals surface area contributed by atoms with Gasteiger partial charge in [-0.1, -0.05) is 24.3 Å². The molecular formula is C21H16ClN5O. The Morgan fingerprint density at radius 3 is 2.68 bits per heavy atom. The third-order valence-electron chi connectivity index (χ3n) is 4.41. The number of aromatic nitrogens is 4. The molecule has 2 aromatic heterocycles. The van der Waals surface area contributed by atoms with Gasteiger partial charge in [-0.05, 0) is 42.5 Å². The van der Waals surface area contributed by atoms with Crippen molar-refractivity contribution < 1.29 is 5.11 Å². The van der Waals surface area contributed by atoms with Gasteiger partial charge < -0.3 is 10.4 Å². The zero-order valence-corrected chi connectivity index (χ0v) is 15.4. The summed E-state index contributed by atoms with van der Waals surface area (Å²) in [5.41, 5.74) is 3.48. The number of nitrogens with zero attached hydrogens (tertiary/aromatic N) is 3. The second-order valence-corrected chi connectivity index (χ2v) is 6.26. The zero-order valence-electron chi connectivity index (χ0n) is 14.6. The number of hydrogen-bond acceptors (Lipinski definition) is 5. The number of phenolic OH excluding ortho intramolecular Hbond substituents is 1. The number of para-hydroxylation sites is 1. The fraction of sp³-hybridized carbons (Fsp3) is 0. The molecule has 0 bridgehead atoms. The van der Waals surface area contributed by atoms with Crippen LogP contribution in [0.5, 0.6) is 5.75 Å². The van der Waals surface area contributed by atoms with Crippen molar-refractivity contribution in [2.24, 2.45) is 0 Å². The van der Waals surface area contributed by atoms with Crippen LogP contribution in [0.25, 0.3) is 33.2 Å². The average Bonchev–Trinajstić information content (AvgIpc) is 3.16. The van der Waals surface area contributed by atoms with Gasteiger partial charge in [0.2, 0.25) is 0 Å². The van der Waals surface area contributed by atoms with Crippen molar-refractivity contribution in [2.75, 3.05) is 5.32 Å². The Bertz CT molecular complexity index is 1280. The number of phenols is 1. The number of fused-ring (bicyclic) bond motifs is 2. The van der Waals surface area contributed by atoms with E-state index in [0.717, 1.165) is 33.1 Å². The van der Waals surface area contributed by atoms with Crippen molar-refractivity contribution in [1.29, 1.82) is 0 Å². The number of halogens is 1. The van der Waals surface area contributed by atoms with E-state index in [0.29, 0.717) is 11.6 Å². The Morgan fingerprint density at radius 2 is 1.79 bits per heavy atom. The predicted octanol–water partition coefficient (Wildman–Crippen LogP) is 5.04. The lowest BCUT2D eigenvalue weighted by molar-refractivity contribution is 0.475. The van der Waals surface area contributed by atoms with E-state index in [1.165, 1.54) is 0 Å². The number of aromatic hydroxyl groups is 1. The third-order valence-corrected chi connectivity index (χ3v) is 4.41. The summed E-state index contributed by atoms with van der Waals surface area (Å²) in [4.78, 5) is 9.37. The van der Waals surface area contributed by atoms with Gasteiger partial charge >= 0.3 is 0 Å². The number of aromatic amines is 1. The van der Waals surface area contributed by atoms with Gasteiger partial charge in [-0.2, -0.15) is 5.10 Å². The van der Waals surface area contributed by atoms with Crippen LogP contribution < -0.4 is 5.32 Å². The Balaban J connectivity index is 0.00000192. The van der Waals surface area contributed by atoms with Crippen molar-refractivity contribution in [3.8, 4) is 17.1 Å². The maximum absolute atomic E-state index is 9.79. The molecule has 0 unspecified atom stereocenters. The monoisotopic (exact) mass is 389 g/mol. The number of H-pyrrole nitrogens is 1. The summed E-state index contributed by atoms with van der Waals surface area (Å²) in [5.74, 6) is 1.45. The van der Waals surface area contributed by atoms with Crippen LogP contribution in [-0.2, 0) is 0 Å². The summed E-state index contributed by atoms with van der Waals surface area (Å²) in [5, 5.41) is 22.1. The smallest absolute Gasteiger partial charge is 0.162 e. The minimum absolute atomic E-state index is 0. The van der Waals surface area contributed by atoms with Crippen molar-refractivity contribution in [2.45, 2.75) is 0 Å². The highest BCUT2D eigenvalue weighted by atomic mass is 35.5. The Labute approximate surface area is 166 Å². The van der Waals surface area contributed by atoms with Gasteiger partial charge in [-0.25, -0.2) is 9.97 Å². The minimum atomic E-state index is 0. The zero-order chi connectivity index (χ0) is 18.2. The van der Waals surface area contributed by atoms with Crippen LogP contribution in [0.2, 0.25) is 0 Å². The van der Waals surface area contributed by atoms with Gasteiger partial charge in [0.05, 0.1) is 17.2 Å². The van der Waals surface area contributed by atoms with Gasteiger partial charge in [0.1, 0.15) is 11.6 Å². The van der Waals surface area contributed by atoms with Crippen molar-refractivity contribution in [3.05, 3.63) is 72.9 Å². The van der Waals surface area contributed by atoms with E-state index in [1.54, 1.807) is 24.4 Å². The summed E-state index contributed by atoms with van der Waals surface area (Å²) in [6.45, 7) is 0. The lowest BCUT2D eigenvalue weighted by atomic mass is 10.1. The Morgan fingerprint density at radius 1 is 0.893 bits per heavy atom. The van der Waals surface area contributed by atoms with E-state index in [2.05, 4.69) is 20.5 Å². The fourth-order valence-electron chi connectivity index (χ4n) is 3.10. The van der Waals surface area contributed by atoms with Crippen LogP contribution >= 0.6 is 12.4 Å². The lowest BCUT2D eigenvalue weighted by Crippen LogP contribution is -1.99. The molecule has 0 aliphatic rings. The molecule has 0 radical (unpaired) electrons. The van der Waals surface area contributed by atoms with E-state index >= 15 is 0 Å². The van der Waals surface area contributed by atoms with Crippen LogP contribution in [0.4, 0.5) is 11.5 Å². The highest BCUT2D eigenvalue weighted by molar-refractivity contribution is 5.93. The van der Waals surface area contributed by atoms with E-state index in [9.17, 15) is 5.11 Å². The average molecular weight is 390 g/mol. The fourth-order valence-corrected chi connectivity index (χ4v) is 3.10. The molecule has 138 valence electrons. The third kappa shape index (κ3) is 3.21. The summed E-state index contributed by atoms with van der Waals surface area (Å²) < 4.78 is 0. The lowest BCUT2D eigenvalue weighted by Gasteiger charge is -2.11. The van der Waals surface area contributed by atoms with Crippen LogP contribution in [0.1, 0.15) is 0 Å². The molecule has 0 aliphatic carbocycles. The Kier molecular flexibility index (Phi) is 4.55. The number of hydrogen-bond donors (Lipinski definition) is 3. The molecule has 28 heavy (non-hydrogen) atoms. The molecule has 7 heteroatoms. The molecule has 0 aliphatic heterocycles. The number of benzene rings is 3. The molecule has 3 N–H and O–H groups in total. The molecular weight excluding hydrogens is 374 g/mol. The molecule has 0 fully saturated rings. The topological polar surface area (TPSA) is 86.7 Å². The highest BCUT2D eigenvalue weighted by Crippen LogP contribution is 2.29. The quantitative estimate of drug-likeness (QED) is 0.402. The largest absolute Gasteiger partial charge is 0.508 e. The van der Waals surface area contributed by atoms with Crippen LogP contribution in [0.15, 0.2) is 72.9 Å². The summed E-state index contributed by atoms with van der Waals surface area (Å²) >= 11 is 0. The molecule has 3 aromatic carbocycles. The van der Waals surface area contributed by atoms with E-state index < -0.39 is 0 Å². The van der Waals surface area contributed by atoms with Gasteiger partial charge in [0.15, 0.2) is 5.82 Å². The van der Waals surface area contributed by atoms with Crippen molar-refractivity contribution in [1.82, 2.24) is 20.2 Å². The van der Waals surface area contributed by atoms with Crippen LogP contribution in [-0.4, -0.2) is 25.3 Å². The summed E-state index contributed by atoms with van der Waals surface area (Å²) in [6, 6.07) is 20.8. The van der Waals surface area contributed by atoms with Gasteiger partial charge in [-0.15, -0.1) is 12.4 Å². The minimum Gasteiger partial charge on any atom is -0.508 e. The first kappa shape index (κ1) is 17.8. The normalized spacial score (nSPS) is 10.7. The first-order valence-corrected chi connectivity index (χ1v) is 8.53. The first-order chi connectivity index (χ1) is 13.3. The Hall–Kier alpha value is -3.64. The van der Waals surface area contributed by atoms with E-state index in [4.69, 9.17) is 4.98 Å². The highest BCUT2D eigenvalue weighted by Gasteiger charge is 2.10. The number of anilines is 2. The number of nitrogens with one attached hydrogen (secondary N) is 2. The summed E-state index contributed by atoms with van der Waals surface area (Å²) in [7, 11) is 0. The number of rotatable bonds is 3. The second kappa shape index (κ2) is 7.17. The van der Waals surface area contributed by atoms with Crippen LogP contribution in [0, 0.1) is 0 Å². The first-order valence-electron chi connectivity index (χ1n) is 8.53. The van der Waals surface area contributed by atoms with Crippen molar-refractivity contribution in [3.63, 3.8) is 0 Å². The SMILES string of the molecule is Cl.Oc1cccc(-c2nc(Nc3ccc4[nH]ncc4c3)c3ccccc3n2)c1. The molecule has 6 nitrogen and oxygen atoms in total. The van der Waals surface area contributed by atoms with E-state index in [-0.39, 0.29) is 18.2 Å². The van der Waals surface area contributed by atoms with Crippen molar-refractivity contribution >= 4 is 45.7 Å². The molecule has 0 amide bonds. The molecule has 0 saturated heterocycles. The van der Waals surface area contributed by atoms with E-state index in [1.807, 2.05) is 48.5 Å². The molecule has 5 rings (SSSR count). The second-order valence-electron chi connectivity index (χ2n) is 6.26. The van der Waals surface area contributed by atoms with Gasteiger partial charge in [0.25, 0.3) is 0 Å². The van der Waals surface area contributed by atoms with Gasteiger partial charge in [-0.3, -0.25) is 5.10 Å². The maximum atomic E-state index is 9.79. The molecule has 0 atom stereocenters. The standard InChI is InChI=1S/C21H15N5O.ClH/c27-16-5-3-4-13(11-16)20-24-19-7-2-1-6-17(19)21(25-20)23-15-8-9-18-14(10-15)12-22-26-18;/h1-12,27H,(H,22,26)(H,23,24,25);1H. The summed E-state index contributed by atoms with van der Waals surface area (Å²) in [6.07, 6.45) is 1.79. The van der Waals surface area contributed by atoms with Crippen LogP contribution in [0.3, 0.4) is 0 Å². The molecule has 2 heterocycles. The maximum Gasteiger partial charge on any atom is 0.162 e. The predicted molar refractivity (Wildman–Crippen MR) is 113 cm³/mol. The molecule has 0 saturated carbocycles. The molecule has 5 aromatic rings. The molecule has 0 spiro atoms.